The van der Waals surface area contributed by atoms with Crippen LogP contribution in [0.5, 0.6) is 0 Å². The van der Waals surface area contributed by atoms with Gasteiger partial charge in [0, 0.05) is 36.6 Å². The number of likely N-dealkylation sites (N-methyl/N-ethyl adjacent to an activating group) is 1. The van der Waals surface area contributed by atoms with Crippen LogP contribution in [0.15, 0.2) is 24.3 Å². The average Bonchev–Trinajstić information content (AvgIpc) is 2.65. The van der Waals surface area contributed by atoms with Gasteiger partial charge < -0.3 is 15.5 Å². The van der Waals surface area contributed by atoms with Gasteiger partial charge in [0.25, 0.3) is 0 Å². The molecule has 0 radical (unpaired) electrons. The molecule has 1 unspecified atom stereocenters. The molecule has 140 valence electrons. The van der Waals surface area contributed by atoms with Crippen LogP contribution < -0.4 is 15.5 Å². The van der Waals surface area contributed by atoms with Gasteiger partial charge in [0.1, 0.15) is 5.82 Å². The first-order valence-electron chi connectivity index (χ1n) is 9.73. The summed E-state index contributed by atoms with van der Waals surface area (Å²) in [4.78, 5) is 12.0. The van der Waals surface area contributed by atoms with Crippen molar-refractivity contribution in [1.29, 1.82) is 0 Å². The molecule has 0 aliphatic carbocycles. The third-order valence-electron chi connectivity index (χ3n) is 5.19. The van der Waals surface area contributed by atoms with E-state index in [0.717, 1.165) is 43.1 Å². The zero-order valence-electron chi connectivity index (χ0n) is 16.5. The van der Waals surface area contributed by atoms with Gasteiger partial charge in [-0.3, -0.25) is 0 Å². The van der Waals surface area contributed by atoms with Crippen LogP contribution in [0, 0.1) is 13.8 Å². The molecular formula is C21H31N5. The maximum atomic E-state index is 4.83. The number of rotatable bonds is 6. The van der Waals surface area contributed by atoms with Crippen LogP contribution in [0.3, 0.4) is 0 Å². The fourth-order valence-electron chi connectivity index (χ4n) is 3.45. The molecule has 26 heavy (non-hydrogen) atoms. The molecule has 5 heteroatoms. The number of nitrogens with zero attached hydrogens (tertiary/aromatic N) is 3. The Labute approximate surface area is 157 Å². The molecule has 1 aromatic carbocycles. The van der Waals surface area contributed by atoms with E-state index in [2.05, 4.69) is 60.6 Å². The summed E-state index contributed by atoms with van der Waals surface area (Å²) >= 11 is 0. The summed E-state index contributed by atoms with van der Waals surface area (Å²) in [5.41, 5.74) is 4.71. The van der Waals surface area contributed by atoms with Gasteiger partial charge in [-0.15, -0.1) is 0 Å². The predicted molar refractivity (Wildman–Crippen MR) is 110 cm³/mol. The topological polar surface area (TPSA) is 53.1 Å². The average molecular weight is 354 g/mol. The normalized spacial score (nSPS) is 17.4. The van der Waals surface area contributed by atoms with Crippen molar-refractivity contribution in [3.8, 4) is 0 Å². The molecule has 0 saturated carbocycles. The number of aryl methyl sites for hydroxylation is 3. The van der Waals surface area contributed by atoms with Crippen molar-refractivity contribution < 1.29 is 0 Å². The number of hydrogen-bond donors (Lipinski definition) is 2. The molecule has 1 aromatic heterocycles. The minimum absolute atomic E-state index is 0.532. The highest BCUT2D eigenvalue weighted by molar-refractivity contribution is 5.57. The van der Waals surface area contributed by atoms with Crippen molar-refractivity contribution in [2.24, 2.45) is 0 Å². The van der Waals surface area contributed by atoms with Crippen molar-refractivity contribution >= 4 is 17.5 Å². The Bertz CT molecular complexity index is 743. The smallest absolute Gasteiger partial charge is 0.229 e. The number of hydrogen-bond acceptors (Lipinski definition) is 5. The van der Waals surface area contributed by atoms with E-state index < -0.39 is 0 Å². The lowest BCUT2D eigenvalue weighted by Crippen LogP contribution is -2.44. The third-order valence-corrected chi connectivity index (χ3v) is 5.19. The molecule has 1 saturated heterocycles. The van der Waals surface area contributed by atoms with E-state index in [1.165, 1.54) is 24.0 Å². The molecule has 1 aliphatic heterocycles. The van der Waals surface area contributed by atoms with Crippen LogP contribution in [0.4, 0.5) is 17.5 Å². The van der Waals surface area contributed by atoms with Gasteiger partial charge in [-0.1, -0.05) is 19.4 Å². The lowest BCUT2D eigenvalue weighted by Gasteiger charge is -2.33. The predicted octanol–water partition coefficient (Wildman–Crippen LogP) is 3.98. The van der Waals surface area contributed by atoms with Crippen LogP contribution in [-0.4, -0.2) is 36.1 Å². The summed E-state index contributed by atoms with van der Waals surface area (Å²) in [6.45, 7) is 8.51. The van der Waals surface area contributed by atoms with Crippen LogP contribution in [0.25, 0.3) is 0 Å². The monoisotopic (exact) mass is 353 g/mol. The summed E-state index contributed by atoms with van der Waals surface area (Å²) in [5, 5.41) is 6.82. The zero-order valence-corrected chi connectivity index (χ0v) is 16.5. The lowest BCUT2D eigenvalue weighted by atomic mass is 10.1. The van der Waals surface area contributed by atoms with Gasteiger partial charge in [-0.05, 0) is 63.4 Å². The van der Waals surface area contributed by atoms with E-state index in [9.17, 15) is 0 Å². The fraction of sp³-hybridized carbons (Fsp3) is 0.524. The molecule has 2 aromatic rings. The second-order valence-electron chi connectivity index (χ2n) is 7.29. The quantitative estimate of drug-likeness (QED) is 0.823. The van der Waals surface area contributed by atoms with Gasteiger partial charge in [0.15, 0.2) is 0 Å². The molecule has 2 N–H and O–H groups in total. The van der Waals surface area contributed by atoms with Crippen molar-refractivity contribution in [2.45, 2.75) is 52.5 Å². The Morgan fingerprint density at radius 1 is 1.15 bits per heavy atom. The number of piperidine rings is 1. The standard InChI is InChI=1S/C21H31N5/c1-5-7-17-13-20(26-11-6-8-19(14-26)22-4)25-21(23-17)24-18-10-9-15(2)16(3)12-18/h9-10,12-13,19,22H,5-8,11,14H2,1-4H3,(H,23,24,25). The molecule has 3 rings (SSSR count). The summed E-state index contributed by atoms with van der Waals surface area (Å²) < 4.78 is 0. The Morgan fingerprint density at radius 2 is 2.00 bits per heavy atom. The third kappa shape index (κ3) is 4.52. The molecule has 1 fully saturated rings. The number of anilines is 3. The maximum Gasteiger partial charge on any atom is 0.229 e. The van der Waals surface area contributed by atoms with Gasteiger partial charge in [0.05, 0.1) is 0 Å². The maximum absolute atomic E-state index is 4.83. The molecule has 0 amide bonds. The first kappa shape index (κ1) is 18.6. The van der Waals surface area contributed by atoms with Crippen LogP contribution in [-0.2, 0) is 6.42 Å². The molecule has 1 atom stereocenters. The van der Waals surface area contributed by atoms with Gasteiger partial charge in [-0.2, -0.15) is 4.98 Å². The highest BCUT2D eigenvalue weighted by atomic mass is 15.2. The first-order valence-corrected chi connectivity index (χ1v) is 9.73. The van der Waals surface area contributed by atoms with E-state index >= 15 is 0 Å². The Kier molecular flexibility index (Phi) is 6.09. The highest BCUT2D eigenvalue weighted by Gasteiger charge is 2.20. The second-order valence-corrected chi connectivity index (χ2v) is 7.29. The molecule has 5 nitrogen and oxygen atoms in total. The first-order chi connectivity index (χ1) is 12.6. The molecule has 2 heterocycles. The van der Waals surface area contributed by atoms with E-state index in [1.54, 1.807) is 0 Å². The Balaban J connectivity index is 1.86. The fourth-order valence-corrected chi connectivity index (χ4v) is 3.45. The molecular weight excluding hydrogens is 322 g/mol. The van der Waals surface area contributed by atoms with Crippen LogP contribution in [0.2, 0.25) is 0 Å². The van der Waals surface area contributed by atoms with Gasteiger partial charge in [0.2, 0.25) is 5.95 Å². The summed E-state index contributed by atoms with van der Waals surface area (Å²) in [7, 11) is 2.05. The van der Waals surface area contributed by atoms with Crippen molar-refractivity contribution in [2.75, 3.05) is 30.4 Å². The molecule has 0 spiro atoms. The second kappa shape index (κ2) is 8.49. The van der Waals surface area contributed by atoms with Crippen LogP contribution in [0.1, 0.15) is 43.0 Å². The number of aromatic nitrogens is 2. The summed E-state index contributed by atoms with van der Waals surface area (Å²) in [6.07, 6.45) is 4.48. The van der Waals surface area contributed by atoms with E-state index in [-0.39, 0.29) is 0 Å². The van der Waals surface area contributed by atoms with E-state index in [4.69, 9.17) is 9.97 Å². The minimum Gasteiger partial charge on any atom is -0.355 e. The van der Waals surface area contributed by atoms with Crippen LogP contribution >= 0.6 is 0 Å². The SMILES string of the molecule is CCCc1cc(N2CCCC(NC)C2)nc(Nc2ccc(C)c(C)c2)n1. The van der Waals surface area contributed by atoms with Crippen molar-refractivity contribution in [3.63, 3.8) is 0 Å². The number of benzene rings is 1. The van der Waals surface area contributed by atoms with Gasteiger partial charge >= 0.3 is 0 Å². The number of nitrogens with one attached hydrogen (secondary N) is 2. The lowest BCUT2D eigenvalue weighted by molar-refractivity contribution is 0.447. The Hall–Kier alpha value is -2.14. The highest BCUT2D eigenvalue weighted by Crippen LogP contribution is 2.23. The minimum atomic E-state index is 0.532. The van der Waals surface area contributed by atoms with Crippen molar-refractivity contribution in [3.05, 3.63) is 41.1 Å². The Morgan fingerprint density at radius 3 is 2.73 bits per heavy atom. The van der Waals surface area contributed by atoms with Crippen molar-refractivity contribution in [1.82, 2.24) is 15.3 Å². The molecule has 1 aliphatic rings. The zero-order chi connectivity index (χ0) is 18.5. The van der Waals surface area contributed by atoms with E-state index in [1.807, 2.05) is 7.05 Å². The summed E-state index contributed by atoms with van der Waals surface area (Å²) in [5.74, 6) is 1.73. The van der Waals surface area contributed by atoms with E-state index in [0.29, 0.717) is 12.0 Å². The van der Waals surface area contributed by atoms with Gasteiger partial charge in [-0.25, -0.2) is 4.98 Å². The summed E-state index contributed by atoms with van der Waals surface area (Å²) in [6, 6.07) is 9.08. The largest absolute Gasteiger partial charge is 0.355 e. The molecule has 0 bridgehead atoms.